The van der Waals surface area contributed by atoms with Gasteiger partial charge in [-0.1, -0.05) is 18.3 Å². The fourth-order valence-electron chi connectivity index (χ4n) is 1.66. The normalized spacial score (nSPS) is 22.8. The van der Waals surface area contributed by atoms with Crippen molar-refractivity contribution in [3.05, 3.63) is 28.5 Å². The third-order valence-electron chi connectivity index (χ3n) is 2.28. The van der Waals surface area contributed by atoms with Crippen molar-refractivity contribution in [1.29, 1.82) is 0 Å². The van der Waals surface area contributed by atoms with Gasteiger partial charge in [-0.05, 0) is 25.5 Å². The van der Waals surface area contributed by atoms with Crippen LogP contribution in [0.25, 0.3) is 0 Å². The molecule has 0 aliphatic carbocycles. The summed E-state index contributed by atoms with van der Waals surface area (Å²) in [5.41, 5.74) is 1.24. The van der Waals surface area contributed by atoms with Crippen molar-refractivity contribution in [2.45, 2.75) is 18.9 Å². The average Bonchev–Trinajstić information content (AvgIpc) is 2.57. The SMILES string of the molecule is S=c1[nH]cccc1[C@H]1CCCN1. The van der Waals surface area contributed by atoms with Crippen molar-refractivity contribution in [1.82, 2.24) is 10.3 Å². The van der Waals surface area contributed by atoms with Gasteiger partial charge in [0.2, 0.25) is 0 Å². The van der Waals surface area contributed by atoms with Crippen LogP contribution in [0.5, 0.6) is 0 Å². The lowest BCUT2D eigenvalue weighted by molar-refractivity contribution is 0.643. The van der Waals surface area contributed by atoms with Crippen molar-refractivity contribution in [2.75, 3.05) is 6.54 Å². The zero-order valence-electron chi connectivity index (χ0n) is 6.84. The zero-order chi connectivity index (χ0) is 8.39. The molecule has 12 heavy (non-hydrogen) atoms. The first-order valence-electron chi connectivity index (χ1n) is 4.29. The minimum atomic E-state index is 0.481. The van der Waals surface area contributed by atoms with Crippen LogP contribution in [0, 0.1) is 4.64 Å². The Kier molecular flexibility index (Phi) is 2.23. The Hall–Kier alpha value is -0.670. The lowest BCUT2D eigenvalue weighted by Crippen LogP contribution is -2.13. The van der Waals surface area contributed by atoms with E-state index in [1.807, 2.05) is 12.3 Å². The molecule has 0 saturated carbocycles. The summed E-state index contributed by atoms with van der Waals surface area (Å²) in [4.78, 5) is 3.05. The molecule has 0 radical (unpaired) electrons. The van der Waals surface area contributed by atoms with Crippen molar-refractivity contribution >= 4 is 12.2 Å². The van der Waals surface area contributed by atoms with Crippen LogP contribution in [0.1, 0.15) is 24.4 Å². The highest BCUT2D eigenvalue weighted by molar-refractivity contribution is 7.71. The van der Waals surface area contributed by atoms with E-state index >= 15 is 0 Å². The van der Waals surface area contributed by atoms with Gasteiger partial charge in [-0.2, -0.15) is 0 Å². The summed E-state index contributed by atoms with van der Waals surface area (Å²) >= 11 is 5.19. The van der Waals surface area contributed by atoms with Gasteiger partial charge in [0.15, 0.2) is 0 Å². The first-order chi connectivity index (χ1) is 5.88. The Morgan fingerprint density at radius 2 is 2.42 bits per heavy atom. The second-order valence-electron chi connectivity index (χ2n) is 3.10. The first kappa shape index (κ1) is 7.95. The van der Waals surface area contributed by atoms with Gasteiger partial charge in [0, 0.05) is 17.8 Å². The van der Waals surface area contributed by atoms with E-state index in [9.17, 15) is 0 Å². The fourth-order valence-corrected chi connectivity index (χ4v) is 1.94. The molecule has 1 saturated heterocycles. The molecule has 1 aromatic heterocycles. The predicted octanol–water partition coefficient (Wildman–Crippen LogP) is 2.17. The van der Waals surface area contributed by atoms with E-state index in [0.717, 1.165) is 11.2 Å². The lowest BCUT2D eigenvalue weighted by Gasteiger charge is -2.09. The van der Waals surface area contributed by atoms with Crippen LogP contribution in [0.3, 0.4) is 0 Å². The second-order valence-corrected chi connectivity index (χ2v) is 3.51. The Morgan fingerprint density at radius 1 is 1.50 bits per heavy atom. The topological polar surface area (TPSA) is 27.8 Å². The van der Waals surface area contributed by atoms with Crippen LogP contribution in [-0.2, 0) is 0 Å². The van der Waals surface area contributed by atoms with Crippen LogP contribution in [0.4, 0.5) is 0 Å². The van der Waals surface area contributed by atoms with Gasteiger partial charge in [-0.3, -0.25) is 0 Å². The quantitative estimate of drug-likeness (QED) is 0.648. The largest absolute Gasteiger partial charge is 0.353 e. The molecule has 3 heteroatoms. The summed E-state index contributed by atoms with van der Waals surface area (Å²) < 4.78 is 0.872. The molecule has 2 rings (SSSR count). The van der Waals surface area contributed by atoms with Crippen molar-refractivity contribution < 1.29 is 0 Å². The third kappa shape index (κ3) is 1.42. The number of hydrogen-bond donors (Lipinski definition) is 2. The zero-order valence-corrected chi connectivity index (χ0v) is 7.66. The Morgan fingerprint density at radius 3 is 3.08 bits per heavy atom. The molecule has 64 valence electrons. The molecule has 0 spiro atoms. The highest BCUT2D eigenvalue weighted by Crippen LogP contribution is 2.22. The van der Waals surface area contributed by atoms with E-state index in [4.69, 9.17) is 12.2 Å². The molecule has 1 aliphatic heterocycles. The van der Waals surface area contributed by atoms with E-state index in [-0.39, 0.29) is 0 Å². The van der Waals surface area contributed by atoms with Crippen LogP contribution in [-0.4, -0.2) is 11.5 Å². The summed E-state index contributed by atoms with van der Waals surface area (Å²) in [5.74, 6) is 0. The van der Waals surface area contributed by atoms with Gasteiger partial charge in [0.05, 0.1) is 0 Å². The van der Waals surface area contributed by atoms with Crippen LogP contribution < -0.4 is 5.32 Å². The van der Waals surface area contributed by atoms with E-state index < -0.39 is 0 Å². The molecule has 2 heterocycles. The summed E-state index contributed by atoms with van der Waals surface area (Å²) in [5, 5.41) is 3.43. The minimum absolute atomic E-state index is 0.481. The number of H-pyrrole nitrogens is 1. The van der Waals surface area contributed by atoms with Crippen LogP contribution in [0.15, 0.2) is 18.3 Å². The summed E-state index contributed by atoms with van der Waals surface area (Å²) in [6.07, 6.45) is 4.34. The fraction of sp³-hybridized carbons (Fsp3) is 0.444. The van der Waals surface area contributed by atoms with Gasteiger partial charge in [-0.15, -0.1) is 0 Å². The number of nitrogens with one attached hydrogen (secondary N) is 2. The molecular formula is C9H12N2S. The highest BCUT2D eigenvalue weighted by atomic mass is 32.1. The molecule has 0 amide bonds. The molecule has 1 aromatic rings. The molecule has 1 aliphatic rings. The highest BCUT2D eigenvalue weighted by Gasteiger charge is 2.16. The number of rotatable bonds is 1. The van der Waals surface area contributed by atoms with E-state index in [0.29, 0.717) is 6.04 Å². The number of aromatic amines is 1. The van der Waals surface area contributed by atoms with Crippen LogP contribution in [0.2, 0.25) is 0 Å². The summed E-state index contributed by atoms with van der Waals surface area (Å²) in [6.45, 7) is 1.12. The van der Waals surface area contributed by atoms with Crippen molar-refractivity contribution in [2.24, 2.45) is 0 Å². The first-order valence-corrected chi connectivity index (χ1v) is 4.70. The molecule has 0 unspecified atom stereocenters. The maximum absolute atomic E-state index is 5.19. The third-order valence-corrected chi connectivity index (χ3v) is 2.64. The molecule has 2 N–H and O–H groups in total. The molecule has 1 atom stereocenters. The summed E-state index contributed by atoms with van der Waals surface area (Å²) in [7, 11) is 0. The number of hydrogen-bond acceptors (Lipinski definition) is 2. The molecule has 1 fully saturated rings. The molecule has 0 aromatic carbocycles. The number of aromatic nitrogens is 1. The second kappa shape index (κ2) is 3.37. The Bertz CT molecular complexity index is 312. The summed E-state index contributed by atoms with van der Waals surface area (Å²) in [6, 6.07) is 4.59. The standard InChI is InChI=1S/C9H12N2S/c12-9-7(3-1-6-11-9)8-4-2-5-10-8/h1,3,6,8,10H,2,4-5H2,(H,11,12)/t8-/m1/s1. The van der Waals surface area contributed by atoms with Gasteiger partial charge >= 0.3 is 0 Å². The molecule has 0 bridgehead atoms. The number of pyridine rings is 1. The van der Waals surface area contributed by atoms with Gasteiger partial charge in [0.1, 0.15) is 4.64 Å². The maximum Gasteiger partial charge on any atom is 0.108 e. The van der Waals surface area contributed by atoms with Gasteiger partial charge in [0.25, 0.3) is 0 Å². The van der Waals surface area contributed by atoms with Crippen molar-refractivity contribution in [3.8, 4) is 0 Å². The Labute approximate surface area is 77.0 Å². The monoisotopic (exact) mass is 180 g/mol. The average molecular weight is 180 g/mol. The lowest BCUT2D eigenvalue weighted by atomic mass is 10.1. The predicted molar refractivity (Wildman–Crippen MR) is 51.6 cm³/mol. The van der Waals surface area contributed by atoms with Gasteiger partial charge < -0.3 is 10.3 Å². The van der Waals surface area contributed by atoms with Crippen molar-refractivity contribution in [3.63, 3.8) is 0 Å². The van der Waals surface area contributed by atoms with Crippen LogP contribution >= 0.6 is 12.2 Å². The smallest absolute Gasteiger partial charge is 0.108 e. The van der Waals surface area contributed by atoms with E-state index in [2.05, 4.69) is 16.4 Å². The molecule has 2 nitrogen and oxygen atoms in total. The van der Waals surface area contributed by atoms with E-state index in [1.165, 1.54) is 18.4 Å². The maximum atomic E-state index is 5.19. The molecular weight excluding hydrogens is 168 g/mol. The Balaban J connectivity index is 2.32. The van der Waals surface area contributed by atoms with Gasteiger partial charge in [-0.25, -0.2) is 0 Å². The van der Waals surface area contributed by atoms with E-state index in [1.54, 1.807) is 0 Å². The minimum Gasteiger partial charge on any atom is -0.353 e.